The molecule has 0 heterocycles. The molecule has 0 saturated carbocycles. The maximum Gasteiger partial charge on any atom is 0.256 e. The van der Waals surface area contributed by atoms with Gasteiger partial charge in [-0.2, -0.15) is 0 Å². The summed E-state index contributed by atoms with van der Waals surface area (Å²) in [6.45, 7) is 6.86. The summed E-state index contributed by atoms with van der Waals surface area (Å²) >= 11 is 5.87. The lowest BCUT2D eigenvalue weighted by Gasteiger charge is -2.21. The standard InChI is InChI=1S/C13H17ClN2O/c1-3-7-16(8-4-2)13(17)11-9-10(14)5-6-12(11)15/h3,5-6,9H,1,4,7-8,15H2,2H3. The zero-order valence-corrected chi connectivity index (χ0v) is 10.7. The molecular formula is C13H17ClN2O. The smallest absolute Gasteiger partial charge is 0.256 e. The maximum absolute atomic E-state index is 12.2. The summed E-state index contributed by atoms with van der Waals surface area (Å²) < 4.78 is 0. The van der Waals surface area contributed by atoms with E-state index < -0.39 is 0 Å². The van der Waals surface area contributed by atoms with Crippen molar-refractivity contribution in [3.05, 3.63) is 41.4 Å². The van der Waals surface area contributed by atoms with Crippen LogP contribution in [-0.4, -0.2) is 23.9 Å². The second-order valence-electron chi connectivity index (χ2n) is 3.77. The number of nitrogens with zero attached hydrogens (tertiary/aromatic N) is 1. The fourth-order valence-corrected chi connectivity index (χ4v) is 1.76. The number of carbonyl (C=O) groups excluding carboxylic acids is 1. The van der Waals surface area contributed by atoms with Gasteiger partial charge in [-0.25, -0.2) is 0 Å². The minimum absolute atomic E-state index is 0.105. The van der Waals surface area contributed by atoms with Gasteiger partial charge < -0.3 is 10.6 Å². The number of nitrogens with two attached hydrogens (primary N) is 1. The SMILES string of the molecule is C=CCN(CCC)C(=O)c1cc(Cl)ccc1N. The maximum atomic E-state index is 12.2. The van der Waals surface area contributed by atoms with Gasteiger partial charge in [0.1, 0.15) is 0 Å². The van der Waals surface area contributed by atoms with Gasteiger partial charge >= 0.3 is 0 Å². The van der Waals surface area contributed by atoms with Crippen LogP contribution >= 0.6 is 11.6 Å². The highest BCUT2D eigenvalue weighted by molar-refractivity contribution is 6.31. The molecule has 1 aromatic rings. The van der Waals surface area contributed by atoms with Crippen LogP contribution in [-0.2, 0) is 0 Å². The van der Waals surface area contributed by atoms with Gasteiger partial charge in [-0.15, -0.1) is 6.58 Å². The highest BCUT2D eigenvalue weighted by atomic mass is 35.5. The number of halogens is 1. The van der Waals surface area contributed by atoms with Crippen molar-refractivity contribution >= 4 is 23.2 Å². The van der Waals surface area contributed by atoms with E-state index in [0.29, 0.717) is 29.4 Å². The summed E-state index contributed by atoms with van der Waals surface area (Å²) in [5, 5.41) is 0.512. The molecule has 0 saturated heterocycles. The Morgan fingerprint density at radius 2 is 2.29 bits per heavy atom. The van der Waals surface area contributed by atoms with Gasteiger partial charge in [-0.05, 0) is 24.6 Å². The summed E-state index contributed by atoms with van der Waals surface area (Å²) in [4.78, 5) is 13.9. The van der Waals surface area contributed by atoms with Crippen LogP contribution in [0, 0.1) is 0 Å². The van der Waals surface area contributed by atoms with E-state index in [0.717, 1.165) is 6.42 Å². The average molecular weight is 253 g/mol. The summed E-state index contributed by atoms with van der Waals surface area (Å²) in [6.07, 6.45) is 2.59. The number of carbonyl (C=O) groups is 1. The molecule has 0 spiro atoms. The summed E-state index contributed by atoms with van der Waals surface area (Å²) in [6, 6.07) is 4.92. The van der Waals surface area contributed by atoms with Crippen LogP contribution in [0.1, 0.15) is 23.7 Å². The molecule has 3 nitrogen and oxygen atoms in total. The van der Waals surface area contributed by atoms with Gasteiger partial charge in [0.2, 0.25) is 0 Å². The highest BCUT2D eigenvalue weighted by Crippen LogP contribution is 2.19. The lowest BCUT2D eigenvalue weighted by Crippen LogP contribution is -2.32. The van der Waals surface area contributed by atoms with Gasteiger partial charge in [0.15, 0.2) is 0 Å². The Kier molecular flexibility index (Phi) is 5.04. The van der Waals surface area contributed by atoms with Crippen LogP contribution in [0.25, 0.3) is 0 Å². The Hall–Kier alpha value is -1.48. The first kappa shape index (κ1) is 13.6. The van der Waals surface area contributed by atoms with E-state index in [4.69, 9.17) is 17.3 Å². The third-order valence-corrected chi connectivity index (χ3v) is 2.61. The van der Waals surface area contributed by atoms with Crippen molar-refractivity contribution in [3.63, 3.8) is 0 Å². The predicted molar refractivity (Wildman–Crippen MR) is 72.3 cm³/mol. The fourth-order valence-electron chi connectivity index (χ4n) is 1.59. The van der Waals surface area contributed by atoms with E-state index in [9.17, 15) is 4.79 Å². The van der Waals surface area contributed by atoms with Crippen molar-refractivity contribution in [2.24, 2.45) is 0 Å². The van der Waals surface area contributed by atoms with E-state index in [1.165, 1.54) is 0 Å². The van der Waals surface area contributed by atoms with Gasteiger partial charge in [0, 0.05) is 23.8 Å². The van der Waals surface area contributed by atoms with E-state index >= 15 is 0 Å². The Morgan fingerprint density at radius 3 is 2.88 bits per heavy atom. The Labute approximate surface area is 107 Å². The van der Waals surface area contributed by atoms with Crippen molar-refractivity contribution in [1.82, 2.24) is 4.90 Å². The lowest BCUT2D eigenvalue weighted by molar-refractivity contribution is 0.0775. The molecule has 4 heteroatoms. The van der Waals surface area contributed by atoms with E-state index in [1.807, 2.05) is 6.92 Å². The summed E-state index contributed by atoms with van der Waals surface area (Å²) in [5.41, 5.74) is 6.69. The first-order valence-corrected chi connectivity index (χ1v) is 5.93. The zero-order chi connectivity index (χ0) is 12.8. The molecule has 0 fully saturated rings. The molecule has 1 amide bonds. The molecule has 0 aliphatic heterocycles. The van der Waals surface area contributed by atoms with Crippen LogP contribution in [0.5, 0.6) is 0 Å². The quantitative estimate of drug-likeness (QED) is 0.647. The van der Waals surface area contributed by atoms with Gasteiger partial charge in [-0.3, -0.25) is 4.79 Å². The van der Waals surface area contributed by atoms with Crippen molar-refractivity contribution in [1.29, 1.82) is 0 Å². The Balaban J connectivity index is 2.99. The second kappa shape index (κ2) is 6.30. The van der Waals surface area contributed by atoms with Crippen LogP contribution in [0.4, 0.5) is 5.69 Å². The van der Waals surface area contributed by atoms with Gasteiger partial charge in [0.25, 0.3) is 5.91 Å². The number of hydrogen-bond donors (Lipinski definition) is 1. The number of amides is 1. The summed E-state index contributed by atoms with van der Waals surface area (Å²) in [7, 11) is 0. The van der Waals surface area contributed by atoms with E-state index in [2.05, 4.69) is 6.58 Å². The van der Waals surface area contributed by atoms with Crippen LogP contribution in [0.15, 0.2) is 30.9 Å². The second-order valence-corrected chi connectivity index (χ2v) is 4.21. The first-order valence-electron chi connectivity index (χ1n) is 5.55. The molecule has 1 rings (SSSR count). The van der Waals surface area contributed by atoms with Crippen LogP contribution in [0.2, 0.25) is 5.02 Å². The predicted octanol–water partition coefficient (Wildman–Crippen LogP) is 2.96. The van der Waals surface area contributed by atoms with Gasteiger partial charge in [0.05, 0.1) is 5.56 Å². The molecule has 0 aliphatic rings. The number of anilines is 1. The van der Waals surface area contributed by atoms with E-state index in [-0.39, 0.29) is 5.91 Å². The third kappa shape index (κ3) is 3.49. The van der Waals surface area contributed by atoms with Crippen LogP contribution in [0.3, 0.4) is 0 Å². The van der Waals surface area contributed by atoms with Crippen molar-refractivity contribution in [3.8, 4) is 0 Å². The molecule has 0 unspecified atom stereocenters. The monoisotopic (exact) mass is 252 g/mol. The average Bonchev–Trinajstić information content (AvgIpc) is 2.31. The minimum Gasteiger partial charge on any atom is -0.398 e. The topological polar surface area (TPSA) is 46.3 Å². The molecular weight excluding hydrogens is 236 g/mol. The zero-order valence-electron chi connectivity index (χ0n) is 9.95. The highest BCUT2D eigenvalue weighted by Gasteiger charge is 2.16. The minimum atomic E-state index is -0.105. The first-order chi connectivity index (χ1) is 8.10. The molecule has 0 bridgehead atoms. The third-order valence-electron chi connectivity index (χ3n) is 2.38. The molecule has 0 aromatic heterocycles. The molecule has 2 N–H and O–H groups in total. The van der Waals surface area contributed by atoms with Crippen molar-refractivity contribution in [2.75, 3.05) is 18.8 Å². The molecule has 0 atom stereocenters. The normalized spacial score (nSPS) is 10.0. The Morgan fingerprint density at radius 1 is 1.59 bits per heavy atom. The molecule has 0 aliphatic carbocycles. The largest absolute Gasteiger partial charge is 0.398 e. The molecule has 92 valence electrons. The molecule has 17 heavy (non-hydrogen) atoms. The van der Waals surface area contributed by atoms with Crippen molar-refractivity contribution < 1.29 is 4.79 Å². The van der Waals surface area contributed by atoms with Crippen LogP contribution < -0.4 is 5.73 Å². The summed E-state index contributed by atoms with van der Waals surface area (Å²) in [5.74, 6) is -0.105. The number of rotatable bonds is 5. The molecule has 0 radical (unpaired) electrons. The number of hydrogen-bond acceptors (Lipinski definition) is 2. The number of nitrogen functional groups attached to an aromatic ring is 1. The Bertz CT molecular complexity index is 418. The van der Waals surface area contributed by atoms with E-state index in [1.54, 1.807) is 29.2 Å². The van der Waals surface area contributed by atoms with Crippen molar-refractivity contribution in [2.45, 2.75) is 13.3 Å². The molecule has 1 aromatic carbocycles. The fraction of sp³-hybridized carbons (Fsp3) is 0.308. The lowest BCUT2D eigenvalue weighted by atomic mass is 10.1. The number of benzene rings is 1. The van der Waals surface area contributed by atoms with Gasteiger partial charge in [-0.1, -0.05) is 24.6 Å².